The van der Waals surface area contributed by atoms with Crippen LogP contribution in [0.1, 0.15) is 32.1 Å². The Morgan fingerprint density at radius 2 is 1.81 bits per heavy atom. The van der Waals surface area contributed by atoms with E-state index in [-0.39, 0.29) is 17.7 Å². The van der Waals surface area contributed by atoms with Crippen LogP contribution in [0.25, 0.3) is 11.1 Å². The normalized spacial score (nSPS) is 20.5. The number of aromatic nitrogens is 1. The number of pyridine rings is 1. The summed E-state index contributed by atoms with van der Waals surface area (Å²) in [7, 11) is 0. The van der Waals surface area contributed by atoms with E-state index in [1.54, 1.807) is 6.20 Å². The third-order valence-corrected chi connectivity index (χ3v) is 5.42. The molecule has 1 unspecified atom stereocenters. The zero-order chi connectivity index (χ0) is 17.9. The second-order valence-electron chi connectivity index (χ2n) is 7.17. The summed E-state index contributed by atoms with van der Waals surface area (Å²) in [4.78, 5) is 31.1. The average Bonchev–Trinajstić information content (AvgIpc) is 3.32. The van der Waals surface area contributed by atoms with Crippen LogP contribution in [0, 0.1) is 5.92 Å². The lowest BCUT2D eigenvalue weighted by Crippen LogP contribution is -2.35. The van der Waals surface area contributed by atoms with E-state index in [9.17, 15) is 9.59 Å². The van der Waals surface area contributed by atoms with Crippen LogP contribution in [-0.4, -0.2) is 34.3 Å². The van der Waals surface area contributed by atoms with Gasteiger partial charge in [0.1, 0.15) is 5.82 Å². The van der Waals surface area contributed by atoms with Crippen molar-refractivity contribution in [2.75, 3.05) is 11.9 Å². The molecule has 1 aromatic heterocycles. The molecule has 0 spiro atoms. The van der Waals surface area contributed by atoms with Gasteiger partial charge in [-0.3, -0.25) is 9.59 Å². The van der Waals surface area contributed by atoms with Crippen LogP contribution in [0.15, 0.2) is 48.7 Å². The van der Waals surface area contributed by atoms with Gasteiger partial charge in [-0.15, -0.1) is 0 Å². The third-order valence-electron chi connectivity index (χ3n) is 5.42. The van der Waals surface area contributed by atoms with Gasteiger partial charge in [-0.25, -0.2) is 4.98 Å². The summed E-state index contributed by atoms with van der Waals surface area (Å²) in [5, 5.41) is 2.87. The van der Waals surface area contributed by atoms with E-state index in [1.807, 2.05) is 47.4 Å². The Labute approximate surface area is 153 Å². The molecule has 134 valence electrons. The average molecular weight is 349 g/mol. The lowest BCUT2D eigenvalue weighted by atomic mass is 10.1. The van der Waals surface area contributed by atoms with Gasteiger partial charge in [0, 0.05) is 30.8 Å². The highest BCUT2D eigenvalue weighted by atomic mass is 16.2. The molecule has 2 heterocycles. The van der Waals surface area contributed by atoms with E-state index >= 15 is 0 Å². The summed E-state index contributed by atoms with van der Waals surface area (Å²) >= 11 is 0. The van der Waals surface area contributed by atoms with Crippen LogP contribution in [0.2, 0.25) is 0 Å². The van der Waals surface area contributed by atoms with Crippen LogP contribution in [-0.2, 0) is 9.59 Å². The lowest BCUT2D eigenvalue weighted by molar-refractivity contribution is -0.129. The second-order valence-corrected chi connectivity index (χ2v) is 7.17. The summed E-state index contributed by atoms with van der Waals surface area (Å²) in [6.45, 7) is 0.539. The molecule has 1 saturated heterocycles. The first kappa shape index (κ1) is 16.8. The SMILES string of the molecule is O=C(Nc1ccc(-c2ccccc2)cn1)C1CC(=O)N(C2CCCC2)C1. The van der Waals surface area contributed by atoms with Crippen LogP contribution < -0.4 is 5.32 Å². The minimum absolute atomic E-state index is 0.112. The highest BCUT2D eigenvalue weighted by molar-refractivity contribution is 5.96. The van der Waals surface area contributed by atoms with Gasteiger partial charge >= 0.3 is 0 Å². The first-order valence-electron chi connectivity index (χ1n) is 9.32. The van der Waals surface area contributed by atoms with Crippen molar-refractivity contribution in [1.82, 2.24) is 9.88 Å². The standard InChI is InChI=1S/C21H23N3O2/c25-20-12-17(14-24(20)18-8-4-5-9-18)21(26)23-19-11-10-16(13-22-19)15-6-2-1-3-7-15/h1-3,6-7,10-11,13,17-18H,4-5,8-9,12,14H2,(H,22,23,26). The van der Waals surface area contributed by atoms with Gasteiger partial charge in [0.15, 0.2) is 0 Å². The van der Waals surface area contributed by atoms with E-state index in [2.05, 4.69) is 10.3 Å². The summed E-state index contributed by atoms with van der Waals surface area (Å²) in [5.74, 6) is 0.253. The third kappa shape index (κ3) is 3.47. The monoisotopic (exact) mass is 349 g/mol. The number of anilines is 1. The van der Waals surface area contributed by atoms with Crippen LogP contribution >= 0.6 is 0 Å². The number of carbonyl (C=O) groups is 2. The molecule has 5 heteroatoms. The first-order valence-corrected chi connectivity index (χ1v) is 9.32. The van der Waals surface area contributed by atoms with Crippen molar-refractivity contribution < 1.29 is 9.59 Å². The highest BCUT2D eigenvalue weighted by Gasteiger charge is 2.38. The van der Waals surface area contributed by atoms with Gasteiger partial charge in [0.2, 0.25) is 11.8 Å². The minimum atomic E-state index is -0.279. The predicted molar refractivity (Wildman–Crippen MR) is 100 cm³/mol. The van der Waals surface area contributed by atoms with Crippen molar-refractivity contribution in [2.45, 2.75) is 38.1 Å². The number of nitrogens with zero attached hydrogens (tertiary/aromatic N) is 2. The van der Waals surface area contributed by atoms with Crippen molar-refractivity contribution in [3.05, 3.63) is 48.7 Å². The largest absolute Gasteiger partial charge is 0.339 e. The van der Waals surface area contributed by atoms with Crippen LogP contribution in [0.4, 0.5) is 5.82 Å². The number of benzene rings is 1. The van der Waals surface area contributed by atoms with E-state index in [1.165, 1.54) is 12.8 Å². The molecule has 1 aliphatic heterocycles. The topological polar surface area (TPSA) is 62.3 Å². The van der Waals surface area contributed by atoms with Gasteiger partial charge in [-0.05, 0) is 30.5 Å². The molecular formula is C21H23N3O2. The number of likely N-dealkylation sites (tertiary alicyclic amines) is 1. The van der Waals surface area contributed by atoms with Crippen LogP contribution in [0.3, 0.4) is 0 Å². The number of rotatable bonds is 4. The van der Waals surface area contributed by atoms with Crippen molar-refractivity contribution in [1.29, 1.82) is 0 Å². The Kier molecular flexibility index (Phi) is 4.69. The van der Waals surface area contributed by atoms with Crippen LogP contribution in [0.5, 0.6) is 0 Å². The van der Waals surface area contributed by atoms with E-state index in [4.69, 9.17) is 0 Å². The van der Waals surface area contributed by atoms with Crippen molar-refractivity contribution in [3.8, 4) is 11.1 Å². The molecule has 0 radical (unpaired) electrons. The highest BCUT2D eigenvalue weighted by Crippen LogP contribution is 2.30. The summed E-state index contributed by atoms with van der Waals surface area (Å²) < 4.78 is 0. The summed E-state index contributed by atoms with van der Waals surface area (Å²) in [6, 6.07) is 14.1. The molecule has 2 fully saturated rings. The molecule has 4 rings (SSSR count). The van der Waals surface area contributed by atoms with Gasteiger partial charge in [0.25, 0.3) is 0 Å². The molecule has 2 amide bonds. The van der Waals surface area contributed by atoms with Gasteiger partial charge in [-0.1, -0.05) is 43.2 Å². The molecule has 26 heavy (non-hydrogen) atoms. The Morgan fingerprint density at radius 3 is 2.50 bits per heavy atom. The number of carbonyl (C=O) groups excluding carboxylic acids is 2. The van der Waals surface area contributed by atoms with E-state index in [0.29, 0.717) is 24.8 Å². The summed E-state index contributed by atoms with van der Waals surface area (Å²) in [5.41, 5.74) is 2.10. The Hall–Kier alpha value is -2.69. The molecule has 2 aromatic rings. The Morgan fingerprint density at radius 1 is 1.04 bits per heavy atom. The molecule has 1 saturated carbocycles. The smallest absolute Gasteiger partial charge is 0.230 e. The van der Waals surface area contributed by atoms with Crippen molar-refractivity contribution in [3.63, 3.8) is 0 Å². The minimum Gasteiger partial charge on any atom is -0.339 e. The zero-order valence-electron chi connectivity index (χ0n) is 14.7. The molecule has 0 bridgehead atoms. The second kappa shape index (κ2) is 7.28. The summed E-state index contributed by atoms with van der Waals surface area (Å²) in [6.07, 6.45) is 6.58. The fraction of sp³-hybridized carbons (Fsp3) is 0.381. The van der Waals surface area contributed by atoms with Gasteiger partial charge in [0.05, 0.1) is 5.92 Å². The number of hydrogen-bond donors (Lipinski definition) is 1. The molecule has 5 nitrogen and oxygen atoms in total. The fourth-order valence-electron chi connectivity index (χ4n) is 3.97. The zero-order valence-corrected chi connectivity index (χ0v) is 14.7. The molecule has 1 N–H and O–H groups in total. The molecule has 1 aromatic carbocycles. The van der Waals surface area contributed by atoms with Crippen molar-refractivity contribution in [2.24, 2.45) is 5.92 Å². The molecule has 1 aliphatic carbocycles. The maximum atomic E-state index is 12.5. The molecule has 1 atom stereocenters. The molecule has 2 aliphatic rings. The first-order chi connectivity index (χ1) is 12.7. The maximum absolute atomic E-state index is 12.5. The quantitative estimate of drug-likeness (QED) is 0.919. The van der Waals surface area contributed by atoms with Gasteiger partial charge < -0.3 is 10.2 Å². The Balaban J connectivity index is 1.38. The number of hydrogen-bond acceptors (Lipinski definition) is 3. The Bertz CT molecular complexity index is 783. The predicted octanol–water partition coefficient (Wildman–Crippen LogP) is 3.48. The van der Waals surface area contributed by atoms with E-state index in [0.717, 1.165) is 24.0 Å². The maximum Gasteiger partial charge on any atom is 0.230 e. The number of amides is 2. The molecular weight excluding hydrogens is 326 g/mol. The lowest BCUT2D eigenvalue weighted by Gasteiger charge is -2.23. The van der Waals surface area contributed by atoms with Crippen molar-refractivity contribution >= 4 is 17.6 Å². The van der Waals surface area contributed by atoms with E-state index < -0.39 is 0 Å². The number of nitrogens with one attached hydrogen (secondary N) is 1. The van der Waals surface area contributed by atoms with Gasteiger partial charge in [-0.2, -0.15) is 0 Å². The fourth-order valence-corrected chi connectivity index (χ4v) is 3.97.